The Morgan fingerprint density at radius 2 is 1.75 bits per heavy atom. The van der Waals surface area contributed by atoms with Crippen LogP contribution in [-0.2, 0) is 0 Å². The molecule has 0 bridgehead atoms. The predicted octanol–water partition coefficient (Wildman–Crippen LogP) is -0.960. The Labute approximate surface area is 73.6 Å². The van der Waals surface area contributed by atoms with Crippen LogP contribution in [0.5, 0.6) is 0 Å². The van der Waals surface area contributed by atoms with Crippen molar-refractivity contribution in [1.82, 2.24) is 0 Å². The number of aliphatic hydroxyl groups excluding tert-OH is 2. The van der Waals surface area contributed by atoms with E-state index in [-0.39, 0.29) is 12.0 Å². The standard InChI is InChI=1S/C8H20N2O2/c1-3-6(10)8(12)7(11)5(2)4-9/h5-8,11-12H,3-4,9-10H2,1-2H3/t5?,6-,7+,8+/m0/s1. The summed E-state index contributed by atoms with van der Waals surface area (Å²) in [4.78, 5) is 0. The van der Waals surface area contributed by atoms with Gasteiger partial charge in [0.25, 0.3) is 0 Å². The molecule has 0 aliphatic rings. The van der Waals surface area contributed by atoms with Crippen LogP contribution in [0.4, 0.5) is 0 Å². The van der Waals surface area contributed by atoms with Gasteiger partial charge in [0, 0.05) is 6.04 Å². The minimum Gasteiger partial charge on any atom is -0.390 e. The molecule has 1 unspecified atom stereocenters. The van der Waals surface area contributed by atoms with E-state index < -0.39 is 12.2 Å². The Balaban J connectivity index is 3.99. The van der Waals surface area contributed by atoms with Crippen molar-refractivity contribution in [2.45, 2.75) is 38.5 Å². The molecule has 74 valence electrons. The molecule has 0 saturated carbocycles. The number of rotatable bonds is 5. The van der Waals surface area contributed by atoms with Crippen molar-refractivity contribution in [2.24, 2.45) is 17.4 Å². The van der Waals surface area contributed by atoms with E-state index in [0.717, 1.165) is 0 Å². The summed E-state index contributed by atoms with van der Waals surface area (Å²) in [5, 5.41) is 18.9. The first kappa shape index (κ1) is 11.8. The fourth-order valence-corrected chi connectivity index (χ4v) is 0.971. The number of aliphatic hydroxyl groups is 2. The van der Waals surface area contributed by atoms with Gasteiger partial charge < -0.3 is 21.7 Å². The van der Waals surface area contributed by atoms with Crippen LogP contribution < -0.4 is 11.5 Å². The highest BCUT2D eigenvalue weighted by Crippen LogP contribution is 2.09. The lowest BCUT2D eigenvalue weighted by Gasteiger charge is -2.26. The summed E-state index contributed by atoms with van der Waals surface area (Å²) in [6.45, 7) is 4.01. The summed E-state index contributed by atoms with van der Waals surface area (Å²) < 4.78 is 0. The van der Waals surface area contributed by atoms with E-state index in [2.05, 4.69) is 0 Å². The molecular weight excluding hydrogens is 156 g/mol. The third-order valence-electron chi connectivity index (χ3n) is 2.21. The first-order chi connectivity index (χ1) is 5.54. The zero-order valence-electron chi connectivity index (χ0n) is 7.77. The van der Waals surface area contributed by atoms with Gasteiger partial charge in [-0.1, -0.05) is 13.8 Å². The van der Waals surface area contributed by atoms with Gasteiger partial charge in [0.1, 0.15) is 0 Å². The second kappa shape index (κ2) is 5.48. The van der Waals surface area contributed by atoms with E-state index in [9.17, 15) is 10.2 Å². The van der Waals surface area contributed by atoms with Gasteiger partial charge in [-0.25, -0.2) is 0 Å². The molecule has 0 radical (unpaired) electrons. The van der Waals surface area contributed by atoms with Gasteiger partial charge in [-0.05, 0) is 18.9 Å². The van der Waals surface area contributed by atoms with Crippen molar-refractivity contribution in [3.8, 4) is 0 Å². The first-order valence-electron chi connectivity index (χ1n) is 4.36. The van der Waals surface area contributed by atoms with E-state index in [4.69, 9.17) is 11.5 Å². The zero-order chi connectivity index (χ0) is 9.72. The van der Waals surface area contributed by atoms with Gasteiger partial charge in [-0.15, -0.1) is 0 Å². The lowest BCUT2D eigenvalue weighted by molar-refractivity contribution is -0.0238. The van der Waals surface area contributed by atoms with Gasteiger partial charge in [-0.2, -0.15) is 0 Å². The molecule has 4 nitrogen and oxygen atoms in total. The summed E-state index contributed by atoms with van der Waals surface area (Å²) in [6.07, 6.45) is -1.03. The summed E-state index contributed by atoms with van der Waals surface area (Å²) in [6, 6.07) is -0.367. The van der Waals surface area contributed by atoms with E-state index in [1.54, 1.807) is 6.92 Å². The van der Waals surface area contributed by atoms with Crippen molar-refractivity contribution < 1.29 is 10.2 Å². The Kier molecular flexibility index (Phi) is 5.41. The minimum absolute atomic E-state index is 0.113. The largest absolute Gasteiger partial charge is 0.390 e. The molecule has 0 aromatic rings. The molecule has 12 heavy (non-hydrogen) atoms. The van der Waals surface area contributed by atoms with Gasteiger partial charge in [0.2, 0.25) is 0 Å². The van der Waals surface area contributed by atoms with E-state index in [0.29, 0.717) is 13.0 Å². The van der Waals surface area contributed by atoms with Crippen molar-refractivity contribution in [3.63, 3.8) is 0 Å². The Morgan fingerprint density at radius 1 is 1.25 bits per heavy atom. The third kappa shape index (κ3) is 3.06. The first-order valence-corrected chi connectivity index (χ1v) is 4.36. The van der Waals surface area contributed by atoms with Crippen LogP contribution in [0.3, 0.4) is 0 Å². The highest BCUT2D eigenvalue weighted by molar-refractivity contribution is 4.81. The fraction of sp³-hybridized carbons (Fsp3) is 1.00. The third-order valence-corrected chi connectivity index (χ3v) is 2.21. The van der Waals surface area contributed by atoms with Crippen LogP contribution in [-0.4, -0.2) is 35.0 Å². The highest BCUT2D eigenvalue weighted by Gasteiger charge is 2.25. The second-order valence-electron chi connectivity index (χ2n) is 3.27. The summed E-state index contributed by atoms with van der Waals surface area (Å²) >= 11 is 0. The smallest absolute Gasteiger partial charge is 0.0952 e. The van der Waals surface area contributed by atoms with Crippen LogP contribution in [0.1, 0.15) is 20.3 Å². The van der Waals surface area contributed by atoms with Gasteiger partial charge >= 0.3 is 0 Å². The van der Waals surface area contributed by atoms with Crippen LogP contribution in [0, 0.1) is 5.92 Å². The average molecular weight is 176 g/mol. The molecule has 6 N–H and O–H groups in total. The SMILES string of the molecule is CC[C@H](N)[C@@H](O)[C@H](O)C(C)CN. The molecule has 0 aromatic carbocycles. The van der Waals surface area contributed by atoms with Crippen molar-refractivity contribution in [1.29, 1.82) is 0 Å². The molecule has 0 aliphatic carbocycles. The predicted molar refractivity (Wildman–Crippen MR) is 48.5 cm³/mol. The molecule has 0 spiro atoms. The van der Waals surface area contributed by atoms with Gasteiger partial charge in [-0.3, -0.25) is 0 Å². The van der Waals surface area contributed by atoms with E-state index >= 15 is 0 Å². The highest BCUT2D eigenvalue weighted by atomic mass is 16.3. The Morgan fingerprint density at radius 3 is 2.08 bits per heavy atom. The van der Waals surface area contributed by atoms with Crippen LogP contribution in [0.15, 0.2) is 0 Å². The maximum atomic E-state index is 9.48. The molecule has 0 aliphatic heterocycles. The van der Waals surface area contributed by atoms with E-state index in [1.165, 1.54) is 0 Å². The molecular formula is C8H20N2O2. The molecule has 0 fully saturated rings. The topological polar surface area (TPSA) is 92.5 Å². The molecule has 0 rings (SSSR count). The summed E-state index contributed by atoms with van der Waals surface area (Å²) in [5.74, 6) is -0.113. The molecule has 4 heteroatoms. The normalized spacial score (nSPS) is 21.5. The van der Waals surface area contributed by atoms with Crippen LogP contribution in [0.2, 0.25) is 0 Å². The second-order valence-corrected chi connectivity index (χ2v) is 3.27. The maximum Gasteiger partial charge on any atom is 0.0952 e. The summed E-state index contributed by atoms with van der Waals surface area (Å²) in [5.41, 5.74) is 10.9. The molecule has 0 amide bonds. The summed E-state index contributed by atoms with van der Waals surface area (Å²) in [7, 11) is 0. The van der Waals surface area contributed by atoms with Crippen molar-refractivity contribution >= 4 is 0 Å². The lowest BCUT2D eigenvalue weighted by atomic mass is 9.94. The molecule has 0 heterocycles. The number of hydrogen-bond donors (Lipinski definition) is 4. The monoisotopic (exact) mass is 176 g/mol. The van der Waals surface area contributed by atoms with E-state index in [1.807, 2.05) is 6.92 Å². The molecule has 0 aromatic heterocycles. The fourth-order valence-electron chi connectivity index (χ4n) is 0.971. The van der Waals surface area contributed by atoms with Gasteiger partial charge in [0.05, 0.1) is 12.2 Å². The van der Waals surface area contributed by atoms with Crippen LogP contribution in [0.25, 0.3) is 0 Å². The van der Waals surface area contributed by atoms with Crippen molar-refractivity contribution in [2.75, 3.05) is 6.54 Å². The Hall–Kier alpha value is -0.160. The molecule has 4 atom stereocenters. The van der Waals surface area contributed by atoms with Crippen LogP contribution >= 0.6 is 0 Å². The average Bonchev–Trinajstić information content (AvgIpc) is 2.12. The zero-order valence-corrected chi connectivity index (χ0v) is 7.77. The lowest BCUT2D eigenvalue weighted by Crippen LogP contribution is -2.46. The molecule has 0 saturated heterocycles. The maximum absolute atomic E-state index is 9.48. The number of nitrogens with two attached hydrogens (primary N) is 2. The van der Waals surface area contributed by atoms with Gasteiger partial charge in [0.15, 0.2) is 0 Å². The number of hydrogen-bond acceptors (Lipinski definition) is 4. The quantitative estimate of drug-likeness (QED) is 0.434. The Bertz CT molecular complexity index is 108. The van der Waals surface area contributed by atoms with Crippen molar-refractivity contribution in [3.05, 3.63) is 0 Å². The minimum atomic E-state index is -0.867.